The Labute approximate surface area is 88.4 Å². The summed E-state index contributed by atoms with van der Waals surface area (Å²) < 4.78 is 0. The number of Topliss-reactive ketones (excluding diaryl/α,β-unsaturated/α-hetero) is 1. The van der Waals surface area contributed by atoms with Crippen molar-refractivity contribution < 1.29 is 14.4 Å². The second kappa shape index (κ2) is 3.43. The Hall–Kier alpha value is -1.19. The number of amides is 2. The molecule has 2 saturated carbocycles. The first-order chi connectivity index (χ1) is 7.18. The van der Waals surface area contributed by atoms with Crippen LogP contribution in [0.2, 0.25) is 0 Å². The van der Waals surface area contributed by atoms with Gasteiger partial charge in [-0.25, -0.2) is 0 Å². The van der Waals surface area contributed by atoms with Crippen LogP contribution in [0.15, 0.2) is 0 Å². The number of rotatable bonds is 0. The second-order valence-corrected chi connectivity index (χ2v) is 4.18. The second-order valence-electron chi connectivity index (χ2n) is 4.18. The first-order valence-electron chi connectivity index (χ1n) is 5.56. The van der Waals surface area contributed by atoms with Gasteiger partial charge in [-0.1, -0.05) is 13.8 Å². The Bertz CT molecular complexity index is 337. The first kappa shape index (κ1) is 10.3. The zero-order valence-electron chi connectivity index (χ0n) is 8.95. The molecule has 2 amide bonds. The van der Waals surface area contributed by atoms with E-state index in [1.807, 2.05) is 13.8 Å². The number of carbonyl (C=O) groups excluding carboxylic acids is 3. The minimum Gasteiger partial charge on any atom is -0.299 e. The molecular formula is C11H15NO3. The summed E-state index contributed by atoms with van der Waals surface area (Å²) in [6.07, 6.45) is 1.26. The molecule has 1 heterocycles. The van der Waals surface area contributed by atoms with E-state index in [9.17, 15) is 14.4 Å². The quantitative estimate of drug-likeness (QED) is 0.591. The normalized spacial score (nSPS) is 41.1. The smallest absolute Gasteiger partial charge is 0.231 e. The predicted octanol–water partition coefficient (Wildman–Crippen LogP) is 0.510. The number of fused-ring (bicyclic) bond motifs is 5. The van der Waals surface area contributed by atoms with E-state index in [1.54, 1.807) is 0 Å². The molecule has 82 valence electrons. The summed E-state index contributed by atoms with van der Waals surface area (Å²) in [5, 5.41) is 2.31. The van der Waals surface area contributed by atoms with Crippen molar-refractivity contribution in [3.8, 4) is 0 Å². The molecule has 1 aliphatic heterocycles. The van der Waals surface area contributed by atoms with E-state index >= 15 is 0 Å². The molecule has 2 aliphatic carbocycles. The lowest BCUT2D eigenvalue weighted by Gasteiger charge is -2.18. The standard InChI is InChI=1S/C9H9NO3.C2H6/c11-5-2-3-1-4(5)7-6(3)8(12)10-9(7)13;1-2/h3-4,6-7H,1-2H2,(H,10,12,13);1-2H3. The van der Waals surface area contributed by atoms with Crippen LogP contribution < -0.4 is 5.32 Å². The Morgan fingerprint density at radius 1 is 1.07 bits per heavy atom. The van der Waals surface area contributed by atoms with Crippen LogP contribution >= 0.6 is 0 Å². The van der Waals surface area contributed by atoms with Crippen LogP contribution in [-0.4, -0.2) is 17.6 Å². The van der Waals surface area contributed by atoms with E-state index in [2.05, 4.69) is 5.32 Å². The predicted molar refractivity (Wildman–Crippen MR) is 52.7 cm³/mol. The van der Waals surface area contributed by atoms with Crippen LogP contribution in [0.1, 0.15) is 26.7 Å². The van der Waals surface area contributed by atoms with Gasteiger partial charge < -0.3 is 0 Å². The maximum Gasteiger partial charge on any atom is 0.231 e. The third kappa shape index (κ3) is 1.24. The average Bonchev–Trinajstić information content (AvgIpc) is 2.83. The third-order valence-corrected chi connectivity index (χ3v) is 3.61. The summed E-state index contributed by atoms with van der Waals surface area (Å²) in [6.45, 7) is 4.00. The van der Waals surface area contributed by atoms with Gasteiger partial charge >= 0.3 is 0 Å². The monoisotopic (exact) mass is 209 g/mol. The molecule has 2 bridgehead atoms. The van der Waals surface area contributed by atoms with Gasteiger partial charge in [-0.15, -0.1) is 0 Å². The maximum atomic E-state index is 11.3. The third-order valence-electron chi connectivity index (χ3n) is 3.61. The number of carbonyl (C=O) groups is 3. The van der Waals surface area contributed by atoms with E-state index in [1.165, 1.54) is 0 Å². The van der Waals surface area contributed by atoms with Gasteiger partial charge in [-0.2, -0.15) is 0 Å². The summed E-state index contributed by atoms with van der Waals surface area (Å²) in [4.78, 5) is 34.0. The molecule has 4 nitrogen and oxygen atoms in total. The molecule has 3 fully saturated rings. The maximum absolute atomic E-state index is 11.3. The molecule has 0 spiro atoms. The molecule has 0 aromatic rings. The van der Waals surface area contributed by atoms with Gasteiger partial charge in [0.2, 0.25) is 11.8 Å². The number of nitrogens with one attached hydrogen (secondary N) is 1. The van der Waals surface area contributed by atoms with Gasteiger partial charge in [0.1, 0.15) is 5.78 Å². The van der Waals surface area contributed by atoms with Gasteiger partial charge in [-0.05, 0) is 12.3 Å². The van der Waals surface area contributed by atoms with Gasteiger partial charge in [0.15, 0.2) is 0 Å². The van der Waals surface area contributed by atoms with E-state index in [4.69, 9.17) is 0 Å². The Morgan fingerprint density at radius 3 is 2.33 bits per heavy atom. The summed E-state index contributed by atoms with van der Waals surface area (Å²) in [6, 6.07) is 0. The molecule has 3 aliphatic rings. The van der Waals surface area contributed by atoms with Crippen LogP contribution in [-0.2, 0) is 14.4 Å². The molecule has 4 heteroatoms. The highest BCUT2D eigenvalue weighted by molar-refractivity contribution is 6.09. The fraction of sp³-hybridized carbons (Fsp3) is 0.727. The number of ketones is 1. The molecule has 0 aromatic carbocycles. The van der Waals surface area contributed by atoms with Crippen molar-refractivity contribution in [3.63, 3.8) is 0 Å². The summed E-state index contributed by atoms with van der Waals surface area (Å²) >= 11 is 0. The minimum atomic E-state index is -0.321. The van der Waals surface area contributed by atoms with E-state index < -0.39 is 0 Å². The van der Waals surface area contributed by atoms with Gasteiger partial charge in [0.25, 0.3) is 0 Å². The van der Waals surface area contributed by atoms with Crippen molar-refractivity contribution in [2.24, 2.45) is 23.7 Å². The van der Waals surface area contributed by atoms with Crippen LogP contribution in [0, 0.1) is 23.7 Å². The topological polar surface area (TPSA) is 63.2 Å². The molecule has 0 radical (unpaired) electrons. The zero-order valence-corrected chi connectivity index (χ0v) is 8.95. The highest BCUT2D eigenvalue weighted by Gasteiger charge is 2.61. The van der Waals surface area contributed by atoms with E-state index in [0.29, 0.717) is 6.42 Å². The molecule has 1 N–H and O–H groups in total. The molecule has 0 aromatic heterocycles. The molecule has 4 atom stereocenters. The van der Waals surface area contributed by atoms with Crippen molar-refractivity contribution in [2.45, 2.75) is 26.7 Å². The fourth-order valence-electron chi connectivity index (χ4n) is 3.13. The molecule has 1 saturated heterocycles. The highest BCUT2D eigenvalue weighted by atomic mass is 16.2. The van der Waals surface area contributed by atoms with Crippen LogP contribution in [0.4, 0.5) is 0 Å². The summed E-state index contributed by atoms with van der Waals surface area (Å²) in [7, 11) is 0. The molecule has 15 heavy (non-hydrogen) atoms. The van der Waals surface area contributed by atoms with Crippen LogP contribution in [0.5, 0.6) is 0 Å². The Morgan fingerprint density at radius 2 is 1.67 bits per heavy atom. The summed E-state index contributed by atoms with van der Waals surface area (Å²) in [5.41, 5.74) is 0. The zero-order chi connectivity index (χ0) is 11.2. The minimum absolute atomic E-state index is 0.147. The van der Waals surface area contributed by atoms with Gasteiger partial charge in [0, 0.05) is 12.3 Å². The highest BCUT2D eigenvalue weighted by Crippen LogP contribution is 2.52. The van der Waals surface area contributed by atoms with E-state index in [0.717, 1.165) is 6.42 Å². The average molecular weight is 209 g/mol. The van der Waals surface area contributed by atoms with Crippen molar-refractivity contribution in [1.82, 2.24) is 5.32 Å². The molecule has 4 unspecified atom stereocenters. The first-order valence-corrected chi connectivity index (χ1v) is 5.56. The lowest BCUT2D eigenvalue weighted by Crippen LogP contribution is -2.30. The molecular weight excluding hydrogens is 194 g/mol. The summed E-state index contributed by atoms with van der Waals surface area (Å²) in [5.74, 6) is -0.717. The largest absolute Gasteiger partial charge is 0.299 e. The number of hydrogen-bond donors (Lipinski definition) is 1. The lowest BCUT2D eigenvalue weighted by molar-refractivity contribution is -0.131. The molecule has 3 rings (SSSR count). The van der Waals surface area contributed by atoms with Crippen LogP contribution in [0.25, 0.3) is 0 Å². The Balaban J connectivity index is 0.000000404. The van der Waals surface area contributed by atoms with Crippen LogP contribution in [0.3, 0.4) is 0 Å². The number of imide groups is 1. The van der Waals surface area contributed by atoms with Crippen molar-refractivity contribution in [2.75, 3.05) is 0 Å². The number of hydrogen-bond acceptors (Lipinski definition) is 3. The SMILES string of the molecule is CC.O=C1CC2CC1C1C(=O)NC(=O)C21. The van der Waals surface area contributed by atoms with E-state index in [-0.39, 0.29) is 41.3 Å². The fourth-order valence-corrected chi connectivity index (χ4v) is 3.13. The lowest BCUT2D eigenvalue weighted by atomic mass is 9.80. The van der Waals surface area contributed by atoms with Crippen molar-refractivity contribution >= 4 is 17.6 Å². The van der Waals surface area contributed by atoms with Gasteiger partial charge in [0.05, 0.1) is 11.8 Å². The van der Waals surface area contributed by atoms with Crippen molar-refractivity contribution in [1.29, 1.82) is 0 Å². The van der Waals surface area contributed by atoms with Gasteiger partial charge in [-0.3, -0.25) is 19.7 Å². The Kier molecular flexibility index (Phi) is 2.37. The van der Waals surface area contributed by atoms with Crippen molar-refractivity contribution in [3.05, 3.63) is 0 Å².